The molecule has 1 aromatic heterocycles. The first kappa shape index (κ1) is 12.0. The molecule has 3 nitrogen and oxygen atoms in total. The van der Waals surface area contributed by atoms with Crippen molar-refractivity contribution in [2.75, 3.05) is 6.54 Å². The molecule has 4 fully saturated rings. The number of hydrogen-bond donors (Lipinski definition) is 2. The van der Waals surface area contributed by atoms with Crippen LogP contribution in [0.3, 0.4) is 0 Å². The molecular formula is C16H25N3. The molecule has 4 aliphatic rings. The van der Waals surface area contributed by atoms with E-state index in [4.69, 9.17) is 10.8 Å². The van der Waals surface area contributed by atoms with Crippen LogP contribution in [0, 0.1) is 17.8 Å². The molecule has 5 rings (SSSR count). The third-order valence-electron chi connectivity index (χ3n) is 5.86. The average Bonchev–Trinajstić information content (AvgIpc) is 2.84. The van der Waals surface area contributed by atoms with Gasteiger partial charge in [0.05, 0.1) is 5.69 Å². The van der Waals surface area contributed by atoms with Crippen LogP contribution in [0.5, 0.6) is 0 Å². The minimum Gasteiger partial charge on any atom is -0.330 e. The number of H-pyrrole nitrogens is 1. The van der Waals surface area contributed by atoms with E-state index in [9.17, 15) is 0 Å². The zero-order valence-corrected chi connectivity index (χ0v) is 11.7. The number of aromatic nitrogens is 2. The van der Waals surface area contributed by atoms with Gasteiger partial charge in [-0.3, -0.25) is 5.10 Å². The molecule has 0 unspecified atom stereocenters. The lowest BCUT2D eigenvalue weighted by atomic mass is 9.49. The van der Waals surface area contributed by atoms with Gasteiger partial charge in [-0.2, -0.15) is 5.10 Å². The molecule has 0 aromatic carbocycles. The molecule has 0 spiro atoms. The lowest BCUT2D eigenvalue weighted by Gasteiger charge is -2.56. The number of hydrogen-bond acceptors (Lipinski definition) is 2. The van der Waals surface area contributed by atoms with Crippen molar-refractivity contribution in [3.8, 4) is 0 Å². The van der Waals surface area contributed by atoms with Crippen LogP contribution in [-0.2, 0) is 11.8 Å². The first-order valence-electron chi connectivity index (χ1n) is 8.02. The highest BCUT2D eigenvalue weighted by Crippen LogP contribution is 2.60. The maximum Gasteiger partial charge on any atom is 0.0686 e. The summed E-state index contributed by atoms with van der Waals surface area (Å²) in [6.07, 6.45) is 10.8. The van der Waals surface area contributed by atoms with Crippen LogP contribution in [0.1, 0.15) is 56.3 Å². The van der Waals surface area contributed by atoms with E-state index in [1.807, 2.05) is 0 Å². The van der Waals surface area contributed by atoms with Crippen molar-refractivity contribution in [3.05, 3.63) is 17.5 Å². The maximum atomic E-state index is 5.60. The van der Waals surface area contributed by atoms with Gasteiger partial charge in [0.15, 0.2) is 0 Å². The molecule has 19 heavy (non-hydrogen) atoms. The van der Waals surface area contributed by atoms with Crippen molar-refractivity contribution in [2.24, 2.45) is 23.5 Å². The highest BCUT2D eigenvalue weighted by molar-refractivity contribution is 5.24. The molecule has 0 aliphatic heterocycles. The van der Waals surface area contributed by atoms with E-state index in [0.717, 1.165) is 37.1 Å². The maximum absolute atomic E-state index is 5.60. The first-order chi connectivity index (χ1) is 9.27. The Morgan fingerprint density at radius 2 is 1.79 bits per heavy atom. The van der Waals surface area contributed by atoms with Crippen molar-refractivity contribution in [1.82, 2.24) is 10.2 Å². The minimum atomic E-state index is 0.437. The molecular weight excluding hydrogens is 234 g/mol. The molecule has 104 valence electrons. The topological polar surface area (TPSA) is 54.7 Å². The van der Waals surface area contributed by atoms with Gasteiger partial charge in [-0.15, -0.1) is 0 Å². The van der Waals surface area contributed by atoms with Gasteiger partial charge in [-0.1, -0.05) is 0 Å². The van der Waals surface area contributed by atoms with Crippen LogP contribution in [0.2, 0.25) is 0 Å². The van der Waals surface area contributed by atoms with Gasteiger partial charge >= 0.3 is 0 Å². The Hall–Kier alpha value is -0.830. The highest BCUT2D eigenvalue weighted by Gasteiger charge is 2.52. The number of nitrogens with one attached hydrogen (secondary N) is 1. The summed E-state index contributed by atoms with van der Waals surface area (Å²) in [5.74, 6) is 2.99. The Bertz CT molecular complexity index is 427. The summed E-state index contributed by atoms with van der Waals surface area (Å²) in [6, 6.07) is 2.35. The molecule has 1 heterocycles. The second-order valence-corrected chi connectivity index (χ2v) is 7.37. The summed E-state index contributed by atoms with van der Waals surface area (Å²) < 4.78 is 0. The standard InChI is InChI=1S/C16H25N3/c17-3-1-2-14-7-15(19-18-14)16-8-11-4-12(9-16)6-13(5-11)10-16/h7,11-13H,1-6,8-10,17H2,(H,18,19). The van der Waals surface area contributed by atoms with Gasteiger partial charge in [-0.25, -0.2) is 0 Å². The molecule has 1 aromatic rings. The van der Waals surface area contributed by atoms with Crippen LogP contribution in [0.15, 0.2) is 6.07 Å². The van der Waals surface area contributed by atoms with Gasteiger partial charge in [0.2, 0.25) is 0 Å². The zero-order chi connectivity index (χ0) is 12.9. The summed E-state index contributed by atoms with van der Waals surface area (Å²) in [5.41, 5.74) is 8.69. The third kappa shape index (κ3) is 1.94. The highest BCUT2D eigenvalue weighted by atomic mass is 15.1. The van der Waals surface area contributed by atoms with Gasteiger partial charge in [0.1, 0.15) is 0 Å². The Kier molecular flexibility index (Phi) is 2.73. The molecule has 0 radical (unpaired) electrons. The second-order valence-electron chi connectivity index (χ2n) is 7.37. The number of rotatable bonds is 4. The predicted molar refractivity (Wildman–Crippen MR) is 75.8 cm³/mol. The molecule has 4 aliphatic carbocycles. The Morgan fingerprint density at radius 3 is 2.37 bits per heavy atom. The number of aromatic amines is 1. The molecule has 3 heteroatoms. The minimum absolute atomic E-state index is 0.437. The van der Waals surface area contributed by atoms with Crippen LogP contribution in [0.25, 0.3) is 0 Å². The van der Waals surface area contributed by atoms with Crippen LogP contribution >= 0.6 is 0 Å². The van der Waals surface area contributed by atoms with Crippen molar-refractivity contribution < 1.29 is 0 Å². The average molecular weight is 259 g/mol. The number of aryl methyl sites for hydroxylation is 1. The molecule has 3 N–H and O–H groups in total. The second kappa shape index (κ2) is 4.34. The summed E-state index contributed by atoms with van der Waals surface area (Å²) in [5, 5.41) is 7.95. The summed E-state index contributed by atoms with van der Waals surface area (Å²) in [4.78, 5) is 0. The largest absolute Gasteiger partial charge is 0.330 e. The van der Waals surface area contributed by atoms with E-state index in [1.54, 1.807) is 0 Å². The van der Waals surface area contributed by atoms with E-state index >= 15 is 0 Å². The van der Waals surface area contributed by atoms with Crippen LogP contribution in [0.4, 0.5) is 0 Å². The number of nitrogens with zero attached hydrogens (tertiary/aromatic N) is 1. The fraction of sp³-hybridized carbons (Fsp3) is 0.812. The van der Waals surface area contributed by atoms with E-state index < -0.39 is 0 Å². The van der Waals surface area contributed by atoms with Gasteiger partial charge in [0, 0.05) is 11.1 Å². The van der Waals surface area contributed by atoms with E-state index in [1.165, 1.54) is 49.9 Å². The fourth-order valence-electron chi connectivity index (χ4n) is 5.48. The van der Waals surface area contributed by atoms with Gasteiger partial charge in [-0.05, 0) is 81.7 Å². The molecule has 0 amide bonds. The lowest BCUT2D eigenvalue weighted by Crippen LogP contribution is -2.48. The molecule has 0 saturated heterocycles. The number of nitrogens with two attached hydrogens (primary N) is 1. The molecule has 4 bridgehead atoms. The summed E-state index contributed by atoms with van der Waals surface area (Å²) in [7, 11) is 0. The van der Waals surface area contributed by atoms with Crippen molar-refractivity contribution >= 4 is 0 Å². The predicted octanol–water partition coefficient (Wildman–Crippen LogP) is 2.77. The van der Waals surface area contributed by atoms with Crippen LogP contribution in [-0.4, -0.2) is 16.7 Å². The van der Waals surface area contributed by atoms with Crippen molar-refractivity contribution in [3.63, 3.8) is 0 Å². The molecule has 4 saturated carbocycles. The Labute approximate surface area is 115 Å². The third-order valence-corrected chi connectivity index (χ3v) is 5.86. The zero-order valence-electron chi connectivity index (χ0n) is 11.7. The Balaban J connectivity index is 1.59. The summed E-state index contributed by atoms with van der Waals surface area (Å²) in [6.45, 7) is 0.770. The van der Waals surface area contributed by atoms with Crippen LogP contribution < -0.4 is 5.73 Å². The van der Waals surface area contributed by atoms with E-state index in [2.05, 4.69) is 11.2 Å². The first-order valence-corrected chi connectivity index (χ1v) is 8.02. The quantitative estimate of drug-likeness (QED) is 0.873. The fourth-order valence-corrected chi connectivity index (χ4v) is 5.48. The van der Waals surface area contributed by atoms with E-state index in [0.29, 0.717) is 5.41 Å². The lowest BCUT2D eigenvalue weighted by molar-refractivity contribution is -0.00722. The van der Waals surface area contributed by atoms with Crippen molar-refractivity contribution in [2.45, 2.75) is 56.8 Å². The summed E-state index contributed by atoms with van der Waals surface area (Å²) >= 11 is 0. The monoisotopic (exact) mass is 259 g/mol. The van der Waals surface area contributed by atoms with Gasteiger partial charge in [0.25, 0.3) is 0 Å². The van der Waals surface area contributed by atoms with E-state index in [-0.39, 0.29) is 0 Å². The molecule has 0 atom stereocenters. The normalized spacial score (nSPS) is 39.9. The van der Waals surface area contributed by atoms with Gasteiger partial charge < -0.3 is 5.73 Å². The SMILES string of the molecule is NCCCc1cc(C23CC4CC(CC(C4)C2)C3)n[nH]1. The smallest absolute Gasteiger partial charge is 0.0686 e. The van der Waals surface area contributed by atoms with Crippen molar-refractivity contribution in [1.29, 1.82) is 0 Å². The Morgan fingerprint density at radius 1 is 1.16 bits per heavy atom.